The summed E-state index contributed by atoms with van der Waals surface area (Å²) in [5, 5.41) is 5.89. The lowest BCUT2D eigenvalue weighted by molar-refractivity contribution is -0.143. The van der Waals surface area contributed by atoms with Gasteiger partial charge in [0.15, 0.2) is 0 Å². The molecule has 1 aromatic rings. The van der Waals surface area contributed by atoms with Gasteiger partial charge in [-0.15, -0.1) is 0 Å². The zero-order valence-corrected chi connectivity index (χ0v) is 23.5. The smallest absolute Gasteiger partial charge is 0.408 e. The molecule has 0 aliphatic carbocycles. The Kier molecular flexibility index (Phi) is 12.7. The van der Waals surface area contributed by atoms with Crippen LogP contribution in [0.5, 0.6) is 0 Å². The molecule has 0 bridgehead atoms. The number of alkyl carbamates (subject to hydrolysis) is 1. The highest BCUT2D eigenvalue weighted by molar-refractivity contribution is 5.92. The van der Waals surface area contributed by atoms with Gasteiger partial charge in [-0.3, -0.25) is 9.59 Å². The molecule has 0 aliphatic heterocycles. The summed E-state index contributed by atoms with van der Waals surface area (Å²) < 4.78 is 5.44. The Bertz CT molecular complexity index is 878. The molecule has 0 aliphatic rings. The molecule has 7 nitrogen and oxygen atoms in total. The zero-order chi connectivity index (χ0) is 27.5. The summed E-state index contributed by atoms with van der Waals surface area (Å²) in [6.45, 7) is 19.4. The number of carbonyl (C=O) groups excluding carboxylic acids is 3. The second-order valence-electron chi connectivity index (χ2n) is 10.5. The van der Waals surface area contributed by atoms with Gasteiger partial charge in [0.25, 0.3) is 0 Å². The molecule has 0 spiro atoms. The average molecular weight is 502 g/mol. The Morgan fingerprint density at radius 3 is 2.28 bits per heavy atom. The van der Waals surface area contributed by atoms with Crippen molar-refractivity contribution in [2.24, 2.45) is 5.92 Å². The van der Waals surface area contributed by atoms with Gasteiger partial charge in [0.2, 0.25) is 11.8 Å². The third-order valence-electron chi connectivity index (χ3n) is 6.03. The molecule has 1 rings (SSSR count). The third kappa shape index (κ3) is 9.67. The first kappa shape index (κ1) is 31.2. The number of ether oxygens (including phenoxy) is 1. The fourth-order valence-electron chi connectivity index (χ4n) is 4.06. The van der Waals surface area contributed by atoms with Gasteiger partial charge in [-0.1, -0.05) is 71.4 Å². The average Bonchev–Trinajstić information content (AvgIpc) is 2.80. The molecule has 36 heavy (non-hydrogen) atoms. The molecule has 4 atom stereocenters. The standard InChI is InChI=1S/C29H47N3O4/c1-10-15-21(6)30-26(33)25(23-17-14-16-22(13-4)19-23)32(18-11-2)27(34)24(20(5)12-3)31-28(35)36-29(7,8)9/h13-14,16-17,19-21,24-25H,4,10-12,15,18H2,1-3,5-9H3,(H,30,33)(H,31,35). The second-order valence-corrected chi connectivity index (χ2v) is 10.5. The van der Waals surface area contributed by atoms with Crippen LogP contribution in [-0.4, -0.2) is 47.0 Å². The molecular weight excluding hydrogens is 454 g/mol. The summed E-state index contributed by atoms with van der Waals surface area (Å²) in [5.74, 6) is -0.699. The molecule has 2 N–H and O–H groups in total. The molecule has 0 radical (unpaired) electrons. The van der Waals surface area contributed by atoms with Gasteiger partial charge >= 0.3 is 6.09 Å². The maximum atomic E-state index is 14.1. The van der Waals surface area contributed by atoms with Crippen LogP contribution in [0.1, 0.15) is 98.2 Å². The van der Waals surface area contributed by atoms with Crippen molar-refractivity contribution >= 4 is 24.0 Å². The Morgan fingerprint density at radius 2 is 1.75 bits per heavy atom. The summed E-state index contributed by atoms with van der Waals surface area (Å²) in [4.78, 5) is 42.0. The number of nitrogens with zero attached hydrogens (tertiary/aromatic N) is 1. The number of carbonyl (C=O) groups is 3. The van der Waals surface area contributed by atoms with E-state index in [-0.39, 0.29) is 23.8 Å². The van der Waals surface area contributed by atoms with Gasteiger partial charge in [-0.25, -0.2) is 4.79 Å². The minimum Gasteiger partial charge on any atom is -0.444 e. The minimum atomic E-state index is -0.844. The lowest BCUT2D eigenvalue weighted by Crippen LogP contribution is -2.55. The van der Waals surface area contributed by atoms with Crippen molar-refractivity contribution < 1.29 is 19.1 Å². The number of amides is 3. The van der Waals surface area contributed by atoms with E-state index in [4.69, 9.17) is 4.74 Å². The van der Waals surface area contributed by atoms with E-state index in [9.17, 15) is 14.4 Å². The first-order valence-corrected chi connectivity index (χ1v) is 13.2. The molecule has 0 fully saturated rings. The van der Waals surface area contributed by atoms with Crippen molar-refractivity contribution in [3.63, 3.8) is 0 Å². The van der Waals surface area contributed by atoms with Crippen molar-refractivity contribution in [3.05, 3.63) is 42.0 Å². The molecule has 202 valence electrons. The van der Waals surface area contributed by atoms with Gasteiger partial charge < -0.3 is 20.3 Å². The van der Waals surface area contributed by atoms with Gasteiger partial charge in [-0.2, -0.15) is 0 Å². The minimum absolute atomic E-state index is 0.0311. The highest BCUT2D eigenvalue weighted by Gasteiger charge is 2.38. The van der Waals surface area contributed by atoms with Crippen LogP contribution in [0.3, 0.4) is 0 Å². The predicted molar refractivity (Wildman–Crippen MR) is 146 cm³/mol. The van der Waals surface area contributed by atoms with Crippen molar-refractivity contribution in [1.82, 2.24) is 15.5 Å². The topological polar surface area (TPSA) is 87.7 Å². The van der Waals surface area contributed by atoms with Crippen LogP contribution in [0.15, 0.2) is 30.8 Å². The molecule has 0 saturated carbocycles. The molecular formula is C29H47N3O4. The van der Waals surface area contributed by atoms with Crippen molar-refractivity contribution in [1.29, 1.82) is 0 Å². The lowest BCUT2D eigenvalue weighted by atomic mass is 9.95. The van der Waals surface area contributed by atoms with Crippen LogP contribution in [-0.2, 0) is 14.3 Å². The fraction of sp³-hybridized carbons (Fsp3) is 0.621. The second kappa shape index (κ2) is 14.7. The molecule has 0 aromatic heterocycles. The monoisotopic (exact) mass is 501 g/mol. The van der Waals surface area contributed by atoms with Crippen molar-refractivity contribution in [2.45, 2.75) is 105 Å². The molecule has 7 heteroatoms. The number of hydrogen-bond donors (Lipinski definition) is 2. The highest BCUT2D eigenvalue weighted by atomic mass is 16.6. The number of rotatable bonds is 13. The van der Waals surface area contributed by atoms with Crippen LogP contribution >= 0.6 is 0 Å². The van der Waals surface area contributed by atoms with Gasteiger partial charge in [-0.05, 0) is 63.6 Å². The summed E-state index contributed by atoms with van der Waals surface area (Å²) in [7, 11) is 0. The molecule has 0 heterocycles. The lowest BCUT2D eigenvalue weighted by Gasteiger charge is -2.36. The first-order chi connectivity index (χ1) is 16.9. The number of hydrogen-bond acceptors (Lipinski definition) is 4. The molecule has 0 saturated heterocycles. The van der Waals surface area contributed by atoms with Gasteiger partial charge in [0, 0.05) is 12.6 Å². The van der Waals surface area contributed by atoms with E-state index < -0.39 is 23.8 Å². The van der Waals surface area contributed by atoms with Crippen molar-refractivity contribution in [3.8, 4) is 0 Å². The van der Waals surface area contributed by atoms with E-state index >= 15 is 0 Å². The zero-order valence-electron chi connectivity index (χ0n) is 23.5. The first-order valence-electron chi connectivity index (χ1n) is 13.2. The van der Waals surface area contributed by atoms with E-state index in [1.165, 1.54) is 0 Å². The Morgan fingerprint density at radius 1 is 1.08 bits per heavy atom. The Hall–Kier alpha value is -2.83. The Balaban J connectivity index is 3.51. The normalized spacial score (nSPS) is 14.7. The number of benzene rings is 1. The summed E-state index contributed by atoms with van der Waals surface area (Å²) in [6, 6.07) is 5.81. The summed E-state index contributed by atoms with van der Waals surface area (Å²) in [5.41, 5.74) is 0.871. The van der Waals surface area contributed by atoms with E-state index in [1.807, 2.05) is 52.0 Å². The van der Waals surface area contributed by atoms with Crippen LogP contribution in [0, 0.1) is 5.92 Å². The van der Waals surface area contributed by atoms with Crippen molar-refractivity contribution in [2.75, 3.05) is 6.54 Å². The predicted octanol–water partition coefficient (Wildman–Crippen LogP) is 5.85. The Labute approximate surface area is 218 Å². The summed E-state index contributed by atoms with van der Waals surface area (Å²) >= 11 is 0. The maximum Gasteiger partial charge on any atom is 0.408 e. The van der Waals surface area contributed by atoms with E-state index in [2.05, 4.69) is 24.1 Å². The quantitative estimate of drug-likeness (QED) is 0.355. The third-order valence-corrected chi connectivity index (χ3v) is 6.03. The van der Waals surface area contributed by atoms with E-state index in [0.29, 0.717) is 24.9 Å². The van der Waals surface area contributed by atoms with E-state index in [1.54, 1.807) is 31.7 Å². The number of nitrogens with one attached hydrogen (secondary N) is 2. The van der Waals surface area contributed by atoms with Crippen LogP contribution < -0.4 is 10.6 Å². The van der Waals surface area contributed by atoms with Crippen LogP contribution in [0.2, 0.25) is 0 Å². The highest BCUT2D eigenvalue weighted by Crippen LogP contribution is 2.26. The molecule has 1 aromatic carbocycles. The molecule has 4 unspecified atom stereocenters. The van der Waals surface area contributed by atoms with Gasteiger partial charge in [0.05, 0.1) is 0 Å². The molecule has 3 amide bonds. The maximum absolute atomic E-state index is 14.1. The SMILES string of the molecule is C=Cc1cccc(C(C(=O)NC(C)CCC)N(CCC)C(=O)C(NC(=O)OC(C)(C)C)C(C)CC)c1. The van der Waals surface area contributed by atoms with Crippen LogP contribution in [0.4, 0.5) is 4.79 Å². The fourth-order valence-corrected chi connectivity index (χ4v) is 4.06. The van der Waals surface area contributed by atoms with Crippen LogP contribution in [0.25, 0.3) is 6.08 Å². The largest absolute Gasteiger partial charge is 0.444 e. The van der Waals surface area contributed by atoms with Gasteiger partial charge in [0.1, 0.15) is 17.7 Å². The summed E-state index contributed by atoms with van der Waals surface area (Å²) in [6.07, 6.45) is 4.16. The van der Waals surface area contributed by atoms with E-state index in [0.717, 1.165) is 18.4 Å².